The van der Waals surface area contributed by atoms with Crippen LogP contribution in [0.5, 0.6) is 0 Å². The zero-order chi connectivity index (χ0) is 15.2. The quantitative estimate of drug-likeness (QED) is 0.828. The van der Waals surface area contributed by atoms with Crippen molar-refractivity contribution in [2.45, 2.75) is 25.4 Å². The fourth-order valence-corrected chi connectivity index (χ4v) is 3.05. The maximum Gasteiger partial charge on any atom is 0.123 e. The molecule has 3 N–H and O–H groups in total. The molecule has 0 bridgehead atoms. The second kappa shape index (κ2) is 7.84. The number of piperazine rings is 1. The molecule has 1 aliphatic rings. The fourth-order valence-electron chi connectivity index (χ4n) is 3.05. The molecule has 1 aromatic carbocycles. The maximum absolute atomic E-state index is 13.5. The highest BCUT2D eigenvalue weighted by Crippen LogP contribution is 2.26. The normalized spacial score (nSPS) is 20.4. The molecule has 0 saturated carbocycles. The van der Waals surface area contributed by atoms with Gasteiger partial charge in [0.15, 0.2) is 0 Å². The molecule has 0 aromatic heterocycles. The predicted molar refractivity (Wildman–Crippen MR) is 82.5 cm³/mol. The van der Waals surface area contributed by atoms with Crippen LogP contribution in [0.1, 0.15) is 24.9 Å². The van der Waals surface area contributed by atoms with E-state index in [9.17, 15) is 4.39 Å². The van der Waals surface area contributed by atoms with Crippen LogP contribution in [0.4, 0.5) is 4.39 Å². The van der Waals surface area contributed by atoms with E-state index in [0.29, 0.717) is 0 Å². The maximum atomic E-state index is 13.5. The molecule has 1 aliphatic heterocycles. The Hall–Kier alpha value is -1.01. The van der Waals surface area contributed by atoms with Crippen molar-refractivity contribution in [3.8, 4) is 0 Å². The third kappa shape index (κ3) is 4.23. The number of hydrogen-bond acceptors (Lipinski definition) is 4. The Bertz CT molecular complexity index is 435. The van der Waals surface area contributed by atoms with Gasteiger partial charge in [0.25, 0.3) is 0 Å². The van der Waals surface area contributed by atoms with Crippen LogP contribution in [0.15, 0.2) is 24.3 Å². The number of aliphatic hydroxyl groups excluding tert-OH is 1. The summed E-state index contributed by atoms with van der Waals surface area (Å²) in [5, 5.41) is 9.01. The van der Waals surface area contributed by atoms with E-state index in [0.717, 1.165) is 44.7 Å². The molecule has 0 spiro atoms. The molecule has 5 heteroatoms. The molecule has 1 aromatic rings. The fraction of sp³-hybridized carbons (Fsp3) is 0.625. The molecule has 0 radical (unpaired) electrons. The topological polar surface area (TPSA) is 52.7 Å². The zero-order valence-corrected chi connectivity index (χ0v) is 12.7. The largest absolute Gasteiger partial charge is 0.395 e. The Morgan fingerprint density at radius 1 is 1.29 bits per heavy atom. The van der Waals surface area contributed by atoms with E-state index in [1.807, 2.05) is 6.07 Å². The van der Waals surface area contributed by atoms with Gasteiger partial charge >= 0.3 is 0 Å². The van der Waals surface area contributed by atoms with Gasteiger partial charge in [-0.3, -0.25) is 9.80 Å². The molecule has 118 valence electrons. The zero-order valence-electron chi connectivity index (χ0n) is 12.7. The van der Waals surface area contributed by atoms with Gasteiger partial charge in [-0.1, -0.05) is 19.1 Å². The van der Waals surface area contributed by atoms with E-state index in [4.69, 9.17) is 10.8 Å². The van der Waals surface area contributed by atoms with Crippen molar-refractivity contribution < 1.29 is 9.50 Å². The van der Waals surface area contributed by atoms with Crippen LogP contribution in [-0.4, -0.2) is 60.3 Å². The van der Waals surface area contributed by atoms with Crippen molar-refractivity contribution >= 4 is 0 Å². The van der Waals surface area contributed by atoms with Crippen LogP contribution in [0.2, 0.25) is 0 Å². The molecule has 2 unspecified atom stereocenters. The summed E-state index contributed by atoms with van der Waals surface area (Å²) in [6.07, 6.45) is 0.859. The van der Waals surface area contributed by atoms with Gasteiger partial charge < -0.3 is 10.8 Å². The summed E-state index contributed by atoms with van der Waals surface area (Å²) in [6, 6.07) is 6.83. The van der Waals surface area contributed by atoms with E-state index >= 15 is 0 Å². The summed E-state index contributed by atoms with van der Waals surface area (Å²) in [4.78, 5) is 4.59. The molecule has 1 saturated heterocycles. The molecule has 1 fully saturated rings. The first-order chi connectivity index (χ1) is 10.2. The Morgan fingerprint density at radius 3 is 2.57 bits per heavy atom. The summed E-state index contributed by atoms with van der Waals surface area (Å²) in [5.74, 6) is -0.209. The standard InChI is InChI=1S/C16H26FN3O/c1-2-15(18)16(13-4-3-5-14(17)12-13)20-8-6-19(7-9-20)10-11-21/h3-5,12,15-16,21H,2,6-11,18H2,1H3. The van der Waals surface area contributed by atoms with Crippen LogP contribution in [0, 0.1) is 5.82 Å². The first-order valence-corrected chi connectivity index (χ1v) is 7.74. The average Bonchev–Trinajstić information content (AvgIpc) is 2.49. The molecule has 4 nitrogen and oxygen atoms in total. The van der Waals surface area contributed by atoms with Gasteiger partial charge in [-0.2, -0.15) is 0 Å². The first kappa shape index (κ1) is 16.4. The summed E-state index contributed by atoms with van der Waals surface area (Å²) >= 11 is 0. The minimum absolute atomic E-state index is 0.00353. The molecular weight excluding hydrogens is 269 g/mol. The molecule has 0 aliphatic carbocycles. The third-order valence-electron chi connectivity index (χ3n) is 4.28. The lowest BCUT2D eigenvalue weighted by molar-refractivity contribution is 0.0733. The van der Waals surface area contributed by atoms with E-state index in [1.54, 1.807) is 12.1 Å². The van der Waals surface area contributed by atoms with E-state index in [-0.39, 0.29) is 24.5 Å². The highest BCUT2D eigenvalue weighted by molar-refractivity contribution is 5.22. The highest BCUT2D eigenvalue weighted by atomic mass is 19.1. The Kier molecular flexibility index (Phi) is 6.11. The Morgan fingerprint density at radius 2 is 2.00 bits per heavy atom. The summed E-state index contributed by atoms with van der Waals surface area (Å²) in [5.41, 5.74) is 7.26. The second-order valence-electron chi connectivity index (χ2n) is 5.67. The number of β-amino-alcohol motifs (C(OH)–C–C–N with tert-alkyl or cyclic N) is 1. The van der Waals surface area contributed by atoms with Gasteiger partial charge in [0.05, 0.1) is 12.6 Å². The van der Waals surface area contributed by atoms with Crippen molar-refractivity contribution in [1.82, 2.24) is 9.80 Å². The second-order valence-corrected chi connectivity index (χ2v) is 5.67. The molecule has 2 atom stereocenters. The molecular formula is C16H26FN3O. The predicted octanol–water partition coefficient (Wildman–Crippen LogP) is 1.21. The molecule has 1 heterocycles. The van der Waals surface area contributed by atoms with Crippen molar-refractivity contribution in [3.05, 3.63) is 35.6 Å². The van der Waals surface area contributed by atoms with Crippen molar-refractivity contribution in [2.24, 2.45) is 5.73 Å². The smallest absolute Gasteiger partial charge is 0.123 e. The number of rotatable bonds is 6. The lowest BCUT2D eigenvalue weighted by atomic mass is 9.95. The lowest BCUT2D eigenvalue weighted by Crippen LogP contribution is -2.51. The van der Waals surface area contributed by atoms with Crippen LogP contribution in [0.3, 0.4) is 0 Å². The van der Waals surface area contributed by atoms with Crippen LogP contribution >= 0.6 is 0 Å². The minimum atomic E-state index is -0.209. The summed E-state index contributed by atoms with van der Waals surface area (Å²) in [6.45, 7) is 6.62. The number of aliphatic hydroxyl groups is 1. The van der Waals surface area contributed by atoms with Gasteiger partial charge in [-0.25, -0.2) is 4.39 Å². The summed E-state index contributed by atoms with van der Waals surface area (Å²) in [7, 11) is 0. The molecule has 0 amide bonds. The Labute approximate surface area is 126 Å². The van der Waals surface area contributed by atoms with Gasteiger partial charge in [0.1, 0.15) is 5.82 Å². The van der Waals surface area contributed by atoms with Gasteiger partial charge in [-0.05, 0) is 24.1 Å². The first-order valence-electron chi connectivity index (χ1n) is 7.74. The van der Waals surface area contributed by atoms with Gasteiger partial charge in [0.2, 0.25) is 0 Å². The van der Waals surface area contributed by atoms with Crippen molar-refractivity contribution in [2.75, 3.05) is 39.3 Å². The number of benzene rings is 1. The number of hydrogen-bond donors (Lipinski definition) is 2. The molecule has 2 rings (SSSR count). The van der Waals surface area contributed by atoms with Crippen LogP contribution in [0.25, 0.3) is 0 Å². The van der Waals surface area contributed by atoms with Crippen LogP contribution in [-0.2, 0) is 0 Å². The van der Waals surface area contributed by atoms with Crippen molar-refractivity contribution in [3.63, 3.8) is 0 Å². The summed E-state index contributed by atoms with van der Waals surface area (Å²) < 4.78 is 13.5. The number of nitrogens with zero attached hydrogens (tertiary/aromatic N) is 2. The lowest BCUT2D eigenvalue weighted by Gasteiger charge is -2.41. The number of nitrogens with two attached hydrogens (primary N) is 1. The van der Waals surface area contributed by atoms with E-state index in [2.05, 4.69) is 16.7 Å². The average molecular weight is 295 g/mol. The van der Waals surface area contributed by atoms with Crippen molar-refractivity contribution in [1.29, 1.82) is 0 Å². The third-order valence-corrected chi connectivity index (χ3v) is 4.28. The SMILES string of the molecule is CCC(N)C(c1cccc(F)c1)N1CCN(CCO)CC1. The Balaban J connectivity index is 2.11. The number of halogens is 1. The van der Waals surface area contributed by atoms with E-state index in [1.165, 1.54) is 6.07 Å². The highest BCUT2D eigenvalue weighted by Gasteiger charge is 2.28. The van der Waals surface area contributed by atoms with E-state index < -0.39 is 0 Å². The monoisotopic (exact) mass is 295 g/mol. The van der Waals surface area contributed by atoms with Gasteiger partial charge in [0, 0.05) is 38.8 Å². The molecule has 21 heavy (non-hydrogen) atoms. The minimum Gasteiger partial charge on any atom is -0.395 e. The van der Waals surface area contributed by atoms with Crippen LogP contribution < -0.4 is 5.73 Å². The van der Waals surface area contributed by atoms with Gasteiger partial charge in [-0.15, -0.1) is 0 Å².